The number of thiazole rings is 1. The lowest BCUT2D eigenvalue weighted by Gasteiger charge is -2.09. The van der Waals surface area contributed by atoms with Gasteiger partial charge in [-0.1, -0.05) is 26.0 Å². The molecule has 0 fully saturated rings. The minimum atomic E-state index is -0.0729. The maximum Gasteiger partial charge on any atom is 0.231 e. The molecular weight excluding hydrogens is 400 g/mol. The minimum absolute atomic E-state index is 0.0729. The molecule has 0 bridgehead atoms. The number of nitrogens with zero attached hydrogens (tertiary/aromatic N) is 1. The maximum atomic E-state index is 12.2. The molecule has 2 heterocycles. The average Bonchev–Trinajstić information content (AvgIpc) is 3.40. The Morgan fingerprint density at radius 2 is 1.97 bits per heavy atom. The van der Waals surface area contributed by atoms with E-state index in [9.17, 15) is 4.79 Å². The summed E-state index contributed by atoms with van der Waals surface area (Å²) in [4.78, 5) is 16.8. The van der Waals surface area contributed by atoms with Crippen LogP contribution in [0.5, 0.6) is 17.2 Å². The summed E-state index contributed by atoms with van der Waals surface area (Å²) in [7, 11) is 0. The van der Waals surface area contributed by atoms with Crippen molar-refractivity contribution in [1.82, 2.24) is 10.3 Å². The molecule has 1 aromatic heterocycles. The SMILES string of the molecule is CC(C)c1ccc(OCCNC(=O)Cc2csc(-c3ccc4c(c3)OCO4)n2)cc1. The zero-order valence-electron chi connectivity index (χ0n) is 17.0. The zero-order chi connectivity index (χ0) is 20.9. The highest BCUT2D eigenvalue weighted by Crippen LogP contribution is 2.36. The molecule has 6 nitrogen and oxygen atoms in total. The van der Waals surface area contributed by atoms with Gasteiger partial charge < -0.3 is 19.5 Å². The highest BCUT2D eigenvalue weighted by atomic mass is 32.1. The van der Waals surface area contributed by atoms with Crippen molar-refractivity contribution < 1.29 is 19.0 Å². The largest absolute Gasteiger partial charge is 0.492 e. The third kappa shape index (κ3) is 4.91. The molecule has 1 aliphatic rings. The first kappa shape index (κ1) is 20.2. The van der Waals surface area contributed by atoms with Crippen LogP contribution in [0.25, 0.3) is 10.6 Å². The van der Waals surface area contributed by atoms with Crippen LogP contribution >= 0.6 is 11.3 Å². The van der Waals surface area contributed by atoms with Gasteiger partial charge in [0.1, 0.15) is 17.4 Å². The molecule has 7 heteroatoms. The van der Waals surface area contributed by atoms with Crippen LogP contribution in [0.1, 0.15) is 31.0 Å². The fraction of sp³-hybridized carbons (Fsp3) is 0.304. The Labute approximate surface area is 179 Å². The number of nitrogens with one attached hydrogen (secondary N) is 1. The first-order valence-electron chi connectivity index (χ1n) is 9.92. The van der Waals surface area contributed by atoms with Gasteiger partial charge in [0, 0.05) is 10.9 Å². The van der Waals surface area contributed by atoms with Crippen LogP contribution in [-0.4, -0.2) is 30.8 Å². The number of amides is 1. The summed E-state index contributed by atoms with van der Waals surface area (Å²) in [5.74, 6) is 2.70. The number of benzene rings is 2. The van der Waals surface area contributed by atoms with Gasteiger partial charge in [0.25, 0.3) is 0 Å². The second-order valence-electron chi connectivity index (χ2n) is 7.31. The van der Waals surface area contributed by atoms with Crippen LogP contribution in [0, 0.1) is 0 Å². The van der Waals surface area contributed by atoms with Crippen LogP contribution in [0.4, 0.5) is 0 Å². The molecule has 156 valence electrons. The summed E-state index contributed by atoms with van der Waals surface area (Å²) in [6.07, 6.45) is 0.240. The van der Waals surface area contributed by atoms with Crippen LogP contribution < -0.4 is 19.5 Å². The lowest BCUT2D eigenvalue weighted by molar-refractivity contribution is -0.120. The van der Waals surface area contributed by atoms with Gasteiger partial charge in [-0.3, -0.25) is 4.79 Å². The van der Waals surface area contributed by atoms with E-state index < -0.39 is 0 Å². The van der Waals surface area contributed by atoms with E-state index in [1.54, 1.807) is 0 Å². The second-order valence-corrected chi connectivity index (χ2v) is 8.17. The van der Waals surface area contributed by atoms with Crippen molar-refractivity contribution >= 4 is 17.2 Å². The van der Waals surface area contributed by atoms with Gasteiger partial charge in [-0.25, -0.2) is 4.98 Å². The van der Waals surface area contributed by atoms with Gasteiger partial charge >= 0.3 is 0 Å². The van der Waals surface area contributed by atoms with Crippen molar-refractivity contribution in [3.63, 3.8) is 0 Å². The van der Waals surface area contributed by atoms with Gasteiger partial charge in [-0.2, -0.15) is 0 Å². The predicted octanol–water partition coefficient (Wildman–Crippen LogP) is 4.40. The van der Waals surface area contributed by atoms with E-state index in [0.717, 1.165) is 33.5 Å². The summed E-state index contributed by atoms with van der Waals surface area (Å²) in [5, 5.41) is 5.64. The number of rotatable bonds is 8. The Hall–Kier alpha value is -3.06. The second kappa shape index (κ2) is 9.17. The van der Waals surface area contributed by atoms with E-state index in [4.69, 9.17) is 14.2 Å². The molecule has 4 rings (SSSR count). The standard InChI is InChI=1S/C23H24N2O4S/c1-15(2)16-3-6-19(7-4-16)27-10-9-24-22(26)12-18-13-30-23(25-18)17-5-8-20-21(11-17)29-14-28-20/h3-8,11,13,15H,9-10,12,14H2,1-2H3,(H,24,26). The molecule has 0 atom stereocenters. The number of carbonyl (C=O) groups excluding carboxylic acids is 1. The summed E-state index contributed by atoms with van der Waals surface area (Å²) < 4.78 is 16.4. The third-order valence-electron chi connectivity index (χ3n) is 4.75. The molecule has 0 spiro atoms. The Morgan fingerprint density at radius 3 is 2.77 bits per heavy atom. The Kier molecular flexibility index (Phi) is 6.18. The molecule has 1 aliphatic heterocycles. The van der Waals surface area contributed by atoms with Crippen LogP contribution in [0.2, 0.25) is 0 Å². The molecule has 0 radical (unpaired) electrons. The molecule has 0 aliphatic carbocycles. The van der Waals surface area contributed by atoms with E-state index >= 15 is 0 Å². The maximum absolute atomic E-state index is 12.2. The Balaban J connectivity index is 1.23. The highest BCUT2D eigenvalue weighted by Gasteiger charge is 2.16. The number of carbonyl (C=O) groups is 1. The Bertz CT molecular complexity index is 1010. The van der Waals surface area contributed by atoms with Crippen molar-refractivity contribution in [3.8, 4) is 27.8 Å². The van der Waals surface area contributed by atoms with Crippen molar-refractivity contribution in [2.45, 2.75) is 26.2 Å². The summed E-state index contributed by atoms with van der Waals surface area (Å²) in [5.41, 5.74) is 2.97. The van der Waals surface area contributed by atoms with E-state index in [1.165, 1.54) is 16.9 Å². The molecule has 2 aromatic carbocycles. The number of hydrogen-bond acceptors (Lipinski definition) is 6. The van der Waals surface area contributed by atoms with E-state index in [-0.39, 0.29) is 19.1 Å². The average molecular weight is 425 g/mol. The van der Waals surface area contributed by atoms with Gasteiger partial charge in [-0.05, 0) is 41.8 Å². The molecule has 30 heavy (non-hydrogen) atoms. The molecule has 0 saturated heterocycles. The normalized spacial score (nSPS) is 12.2. The lowest BCUT2D eigenvalue weighted by Crippen LogP contribution is -2.29. The fourth-order valence-corrected chi connectivity index (χ4v) is 3.90. The highest BCUT2D eigenvalue weighted by molar-refractivity contribution is 7.13. The lowest BCUT2D eigenvalue weighted by atomic mass is 10.0. The smallest absolute Gasteiger partial charge is 0.231 e. The van der Waals surface area contributed by atoms with Crippen LogP contribution in [0.3, 0.4) is 0 Å². The number of ether oxygens (including phenoxy) is 3. The Morgan fingerprint density at radius 1 is 1.17 bits per heavy atom. The topological polar surface area (TPSA) is 69.7 Å². The first-order valence-corrected chi connectivity index (χ1v) is 10.8. The van der Waals surface area contributed by atoms with E-state index in [1.807, 2.05) is 35.7 Å². The summed E-state index contributed by atoms with van der Waals surface area (Å²) >= 11 is 1.51. The van der Waals surface area contributed by atoms with Gasteiger partial charge in [0.05, 0.1) is 18.7 Å². The molecule has 1 N–H and O–H groups in total. The molecule has 0 unspecified atom stereocenters. The molecular formula is C23H24N2O4S. The monoisotopic (exact) mass is 424 g/mol. The van der Waals surface area contributed by atoms with Crippen molar-refractivity contribution in [2.24, 2.45) is 0 Å². The van der Waals surface area contributed by atoms with Crippen molar-refractivity contribution in [2.75, 3.05) is 19.9 Å². The minimum Gasteiger partial charge on any atom is -0.492 e. The van der Waals surface area contributed by atoms with Gasteiger partial charge in [0.2, 0.25) is 12.7 Å². The third-order valence-corrected chi connectivity index (χ3v) is 5.69. The zero-order valence-corrected chi connectivity index (χ0v) is 17.8. The first-order chi connectivity index (χ1) is 14.6. The quantitative estimate of drug-likeness (QED) is 0.543. The number of aromatic nitrogens is 1. The predicted molar refractivity (Wildman–Crippen MR) is 116 cm³/mol. The van der Waals surface area contributed by atoms with E-state index in [2.05, 4.69) is 36.3 Å². The van der Waals surface area contributed by atoms with Crippen LogP contribution in [0.15, 0.2) is 47.8 Å². The van der Waals surface area contributed by atoms with Crippen LogP contribution in [-0.2, 0) is 11.2 Å². The summed E-state index contributed by atoms with van der Waals surface area (Å²) in [6, 6.07) is 13.8. The van der Waals surface area contributed by atoms with Gasteiger partial charge in [0.15, 0.2) is 11.5 Å². The van der Waals surface area contributed by atoms with E-state index in [0.29, 0.717) is 19.1 Å². The molecule has 3 aromatic rings. The van der Waals surface area contributed by atoms with Gasteiger partial charge in [-0.15, -0.1) is 11.3 Å². The van der Waals surface area contributed by atoms with Crippen molar-refractivity contribution in [1.29, 1.82) is 0 Å². The molecule has 1 amide bonds. The van der Waals surface area contributed by atoms with Crippen molar-refractivity contribution in [3.05, 3.63) is 59.1 Å². The summed E-state index contributed by atoms with van der Waals surface area (Å²) in [6.45, 7) is 5.43. The number of hydrogen-bond donors (Lipinski definition) is 1. The number of fused-ring (bicyclic) bond motifs is 1. The molecule has 0 saturated carbocycles. The fourth-order valence-electron chi connectivity index (χ4n) is 3.09.